The lowest BCUT2D eigenvalue weighted by Crippen LogP contribution is -2.16. The van der Waals surface area contributed by atoms with Crippen molar-refractivity contribution >= 4 is 10.9 Å². The largest absolute Gasteiger partial charge is 0.490 e. The molecule has 1 aliphatic heterocycles. The van der Waals surface area contributed by atoms with Gasteiger partial charge in [0.1, 0.15) is 12.4 Å². The predicted octanol–water partition coefficient (Wildman–Crippen LogP) is 1.72. The van der Waals surface area contributed by atoms with Gasteiger partial charge in [-0.2, -0.15) is 0 Å². The minimum atomic E-state index is 0.715. The number of pyridine rings is 1. The van der Waals surface area contributed by atoms with Gasteiger partial charge in [-0.05, 0) is 6.07 Å². The summed E-state index contributed by atoms with van der Waals surface area (Å²) in [4.78, 5) is 4.38. The molecule has 0 fully saturated rings. The van der Waals surface area contributed by atoms with Crippen LogP contribution in [0, 0.1) is 0 Å². The van der Waals surface area contributed by atoms with Crippen LogP contribution in [0.1, 0.15) is 5.56 Å². The highest BCUT2D eigenvalue weighted by atomic mass is 16.5. The molecule has 0 saturated heterocycles. The van der Waals surface area contributed by atoms with E-state index in [1.807, 2.05) is 24.4 Å². The number of nitrogens with one attached hydrogen (secondary N) is 1. The van der Waals surface area contributed by atoms with Gasteiger partial charge in [0.25, 0.3) is 0 Å². The number of fused-ring (bicyclic) bond motifs is 3. The van der Waals surface area contributed by atoms with E-state index in [2.05, 4.69) is 16.4 Å². The molecule has 3 nitrogen and oxygen atoms in total. The van der Waals surface area contributed by atoms with Crippen molar-refractivity contribution in [3.8, 4) is 5.75 Å². The van der Waals surface area contributed by atoms with Crippen LogP contribution in [-0.2, 0) is 6.54 Å². The van der Waals surface area contributed by atoms with Gasteiger partial charge in [0.05, 0.1) is 11.7 Å². The second-order valence-electron chi connectivity index (χ2n) is 3.64. The lowest BCUT2D eigenvalue weighted by atomic mass is 10.1. The van der Waals surface area contributed by atoms with Crippen molar-refractivity contribution in [3.63, 3.8) is 0 Å². The normalized spacial score (nSPS) is 15.5. The standard InChI is InChI=1S/C12H12N2O/c1-2-4-11-9(3-1)10-7-13-5-6-15-12(10)8-14-11/h1-4,8,13H,5-7H2. The molecule has 0 amide bonds. The number of rotatable bonds is 0. The molecule has 1 aromatic carbocycles. The molecule has 1 aromatic heterocycles. The molecular formula is C12H12N2O. The highest BCUT2D eigenvalue weighted by Crippen LogP contribution is 2.26. The number of aromatic nitrogens is 1. The Hall–Kier alpha value is -1.61. The Morgan fingerprint density at radius 3 is 3.20 bits per heavy atom. The Morgan fingerprint density at radius 1 is 1.27 bits per heavy atom. The zero-order chi connectivity index (χ0) is 10.1. The summed E-state index contributed by atoms with van der Waals surface area (Å²) < 4.78 is 5.63. The molecule has 76 valence electrons. The van der Waals surface area contributed by atoms with E-state index in [-0.39, 0.29) is 0 Å². The molecule has 1 N–H and O–H groups in total. The summed E-state index contributed by atoms with van der Waals surface area (Å²) in [5.74, 6) is 0.915. The maximum atomic E-state index is 5.63. The molecule has 0 radical (unpaired) electrons. The molecule has 2 aromatic rings. The summed E-state index contributed by atoms with van der Waals surface area (Å²) in [6.07, 6.45) is 1.82. The summed E-state index contributed by atoms with van der Waals surface area (Å²) in [6, 6.07) is 8.17. The number of ether oxygens (including phenoxy) is 1. The van der Waals surface area contributed by atoms with E-state index in [0.29, 0.717) is 6.61 Å². The quantitative estimate of drug-likeness (QED) is 0.703. The fourth-order valence-electron chi connectivity index (χ4n) is 1.93. The zero-order valence-electron chi connectivity index (χ0n) is 8.36. The van der Waals surface area contributed by atoms with Crippen LogP contribution in [-0.4, -0.2) is 18.1 Å². The fourth-order valence-corrected chi connectivity index (χ4v) is 1.93. The van der Waals surface area contributed by atoms with Gasteiger partial charge in [-0.15, -0.1) is 0 Å². The van der Waals surface area contributed by atoms with E-state index in [1.165, 1.54) is 10.9 Å². The van der Waals surface area contributed by atoms with Crippen molar-refractivity contribution in [3.05, 3.63) is 36.0 Å². The van der Waals surface area contributed by atoms with Crippen LogP contribution in [0.25, 0.3) is 10.9 Å². The van der Waals surface area contributed by atoms with Crippen molar-refractivity contribution < 1.29 is 4.74 Å². The minimum absolute atomic E-state index is 0.715. The highest BCUT2D eigenvalue weighted by molar-refractivity contribution is 5.83. The Kier molecular flexibility index (Phi) is 2.03. The lowest BCUT2D eigenvalue weighted by Gasteiger charge is -2.08. The van der Waals surface area contributed by atoms with Gasteiger partial charge >= 0.3 is 0 Å². The van der Waals surface area contributed by atoms with Gasteiger partial charge < -0.3 is 10.1 Å². The van der Waals surface area contributed by atoms with Crippen LogP contribution in [0.15, 0.2) is 30.5 Å². The molecule has 3 heteroatoms. The van der Waals surface area contributed by atoms with Gasteiger partial charge in [0, 0.05) is 24.0 Å². The van der Waals surface area contributed by atoms with Gasteiger partial charge in [0.15, 0.2) is 0 Å². The average molecular weight is 200 g/mol. The van der Waals surface area contributed by atoms with Crippen LogP contribution in [0.5, 0.6) is 5.75 Å². The first-order valence-corrected chi connectivity index (χ1v) is 5.15. The maximum Gasteiger partial charge on any atom is 0.142 e. The molecule has 0 bridgehead atoms. The maximum absolute atomic E-state index is 5.63. The number of benzene rings is 1. The smallest absolute Gasteiger partial charge is 0.142 e. The molecule has 0 saturated carbocycles. The molecule has 15 heavy (non-hydrogen) atoms. The summed E-state index contributed by atoms with van der Waals surface area (Å²) >= 11 is 0. The van der Waals surface area contributed by atoms with E-state index >= 15 is 0 Å². The Morgan fingerprint density at radius 2 is 2.20 bits per heavy atom. The van der Waals surface area contributed by atoms with E-state index in [4.69, 9.17) is 4.74 Å². The van der Waals surface area contributed by atoms with Crippen LogP contribution in [0.2, 0.25) is 0 Å². The first kappa shape index (κ1) is 8.68. The second-order valence-corrected chi connectivity index (χ2v) is 3.64. The van der Waals surface area contributed by atoms with Gasteiger partial charge in [-0.25, -0.2) is 0 Å². The Balaban J connectivity index is 2.27. The Bertz CT molecular complexity index is 496. The van der Waals surface area contributed by atoms with E-state index in [1.54, 1.807) is 0 Å². The summed E-state index contributed by atoms with van der Waals surface area (Å²) in [7, 11) is 0. The third-order valence-corrected chi connectivity index (χ3v) is 2.69. The van der Waals surface area contributed by atoms with Gasteiger partial charge in [-0.1, -0.05) is 18.2 Å². The van der Waals surface area contributed by atoms with Crippen LogP contribution in [0.4, 0.5) is 0 Å². The molecule has 2 heterocycles. The van der Waals surface area contributed by atoms with Crippen LogP contribution < -0.4 is 10.1 Å². The lowest BCUT2D eigenvalue weighted by molar-refractivity contribution is 0.325. The molecule has 0 unspecified atom stereocenters. The summed E-state index contributed by atoms with van der Waals surface area (Å²) in [5.41, 5.74) is 2.25. The van der Waals surface area contributed by atoms with Crippen molar-refractivity contribution in [1.82, 2.24) is 10.3 Å². The number of para-hydroxylation sites is 1. The first-order chi connectivity index (χ1) is 7.45. The third kappa shape index (κ3) is 1.45. The van der Waals surface area contributed by atoms with Crippen molar-refractivity contribution in [2.24, 2.45) is 0 Å². The third-order valence-electron chi connectivity index (χ3n) is 2.69. The SMILES string of the molecule is c1ccc2c3c(cnc2c1)OCCNC3. The molecule has 0 spiro atoms. The zero-order valence-corrected chi connectivity index (χ0v) is 8.36. The average Bonchev–Trinajstić information content (AvgIpc) is 2.54. The minimum Gasteiger partial charge on any atom is -0.490 e. The molecular weight excluding hydrogens is 188 g/mol. The number of hydrogen-bond acceptors (Lipinski definition) is 3. The van der Waals surface area contributed by atoms with Crippen molar-refractivity contribution in [2.45, 2.75) is 6.54 Å². The highest BCUT2D eigenvalue weighted by Gasteiger charge is 2.11. The monoisotopic (exact) mass is 200 g/mol. The van der Waals surface area contributed by atoms with Crippen molar-refractivity contribution in [2.75, 3.05) is 13.2 Å². The summed E-state index contributed by atoms with van der Waals surface area (Å²) in [5, 5.41) is 4.53. The topological polar surface area (TPSA) is 34.1 Å². The second kappa shape index (κ2) is 3.51. The Labute approximate surface area is 88.1 Å². The van der Waals surface area contributed by atoms with Crippen LogP contribution >= 0.6 is 0 Å². The molecule has 0 atom stereocenters. The predicted molar refractivity (Wildman–Crippen MR) is 58.9 cm³/mol. The van der Waals surface area contributed by atoms with E-state index in [9.17, 15) is 0 Å². The fraction of sp³-hybridized carbons (Fsp3) is 0.250. The molecule has 0 aliphatic carbocycles. The van der Waals surface area contributed by atoms with Gasteiger partial charge in [-0.3, -0.25) is 4.98 Å². The van der Waals surface area contributed by atoms with E-state index in [0.717, 1.165) is 24.4 Å². The summed E-state index contributed by atoms with van der Waals surface area (Å²) in [6.45, 7) is 2.47. The van der Waals surface area contributed by atoms with E-state index < -0.39 is 0 Å². The molecule has 3 rings (SSSR count). The molecule has 1 aliphatic rings. The first-order valence-electron chi connectivity index (χ1n) is 5.15. The van der Waals surface area contributed by atoms with Crippen molar-refractivity contribution in [1.29, 1.82) is 0 Å². The number of hydrogen-bond donors (Lipinski definition) is 1. The number of nitrogens with zero attached hydrogens (tertiary/aromatic N) is 1. The van der Waals surface area contributed by atoms with Crippen LogP contribution in [0.3, 0.4) is 0 Å². The van der Waals surface area contributed by atoms with Gasteiger partial charge in [0.2, 0.25) is 0 Å².